The Bertz CT molecular complexity index is 291. The van der Waals surface area contributed by atoms with Gasteiger partial charge in [0.2, 0.25) is 0 Å². The zero-order valence-corrected chi connectivity index (χ0v) is 8.62. The van der Waals surface area contributed by atoms with Gasteiger partial charge in [-0.15, -0.1) is 12.4 Å². The average Bonchev–Trinajstić information content (AvgIpc) is 2.28. The fourth-order valence-corrected chi connectivity index (χ4v) is 1.48. The molecule has 13 heavy (non-hydrogen) atoms. The van der Waals surface area contributed by atoms with Gasteiger partial charge in [0.1, 0.15) is 12.4 Å². The van der Waals surface area contributed by atoms with E-state index in [1.54, 1.807) is 0 Å². The van der Waals surface area contributed by atoms with E-state index < -0.39 is 0 Å². The number of rotatable bonds is 0. The lowest BCUT2D eigenvalue weighted by Crippen LogP contribution is -2.16. The van der Waals surface area contributed by atoms with Crippen LogP contribution in [0.3, 0.4) is 0 Å². The molecule has 0 saturated carbocycles. The summed E-state index contributed by atoms with van der Waals surface area (Å²) in [6.45, 7) is 2.47. The maximum atomic E-state index is 5.85. The fourth-order valence-electron chi connectivity index (χ4n) is 1.28. The van der Waals surface area contributed by atoms with E-state index in [1.807, 2.05) is 18.2 Å². The molecule has 0 fully saturated rings. The molecule has 0 amide bonds. The van der Waals surface area contributed by atoms with Gasteiger partial charge in [0.25, 0.3) is 0 Å². The number of ether oxygens (including phenoxy) is 1. The Morgan fingerprint density at radius 2 is 2.23 bits per heavy atom. The molecule has 1 aliphatic heterocycles. The van der Waals surface area contributed by atoms with Crippen molar-refractivity contribution in [1.82, 2.24) is 5.32 Å². The van der Waals surface area contributed by atoms with Crippen molar-refractivity contribution in [1.29, 1.82) is 0 Å². The first-order valence-electron chi connectivity index (χ1n) is 3.98. The van der Waals surface area contributed by atoms with Crippen LogP contribution in [0.5, 0.6) is 5.75 Å². The second kappa shape index (κ2) is 4.70. The van der Waals surface area contributed by atoms with Gasteiger partial charge in [-0.25, -0.2) is 0 Å². The van der Waals surface area contributed by atoms with Gasteiger partial charge in [-0.05, 0) is 18.2 Å². The molecule has 1 aromatic rings. The minimum Gasteiger partial charge on any atom is -0.492 e. The van der Waals surface area contributed by atoms with Gasteiger partial charge in [0.05, 0.1) is 0 Å². The number of hydrogen-bond donors (Lipinski definition) is 1. The highest BCUT2D eigenvalue weighted by Crippen LogP contribution is 2.23. The van der Waals surface area contributed by atoms with Crippen molar-refractivity contribution in [2.75, 3.05) is 13.2 Å². The second-order valence-corrected chi connectivity index (χ2v) is 3.21. The molecule has 1 heterocycles. The predicted octanol–water partition coefficient (Wildman–Crippen LogP) is 2.24. The summed E-state index contributed by atoms with van der Waals surface area (Å²) in [4.78, 5) is 0. The third kappa shape index (κ3) is 2.50. The molecule has 0 aromatic heterocycles. The van der Waals surface area contributed by atoms with Crippen LogP contribution in [0.15, 0.2) is 18.2 Å². The van der Waals surface area contributed by atoms with Gasteiger partial charge in [-0.2, -0.15) is 0 Å². The molecule has 4 heteroatoms. The van der Waals surface area contributed by atoms with Crippen LogP contribution >= 0.6 is 24.0 Å². The van der Waals surface area contributed by atoms with E-state index in [0.717, 1.165) is 36.0 Å². The number of halogens is 2. The first-order valence-corrected chi connectivity index (χ1v) is 4.36. The molecule has 0 aliphatic carbocycles. The quantitative estimate of drug-likeness (QED) is 0.723. The largest absolute Gasteiger partial charge is 0.492 e. The average molecular weight is 220 g/mol. The van der Waals surface area contributed by atoms with Crippen LogP contribution in [-0.4, -0.2) is 13.2 Å². The maximum absolute atomic E-state index is 5.85. The van der Waals surface area contributed by atoms with Crippen molar-refractivity contribution in [3.05, 3.63) is 28.8 Å². The minimum absolute atomic E-state index is 0. The van der Waals surface area contributed by atoms with Crippen LogP contribution in [-0.2, 0) is 6.54 Å². The van der Waals surface area contributed by atoms with E-state index in [0.29, 0.717) is 0 Å². The highest BCUT2D eigenvalue weighted by molar-refractivity contribution is 6.30. The molecule has 0 unspecified atom stereocenters. The van der Waals surface area contributed by atoms with E-state index in [4.69, 9.17) is 16.3 Å². The van der Waals surface area contributed by atoms with Crippen LogP contribution in [0.2, 0.25) is 5.02 Å². The molecule has 0 atom stereocenters. The summed E-state index contributed by atoms with van der Waals surface area (Å²) < 4.78 is 5.48. The molecular formula is C9H11Cl2NO. The molecular weight excluding hydrogens is 209 g/mol. The molecule has 0 saturated heterocycles. The van der Waals surface area contributed by atoms with Crippen molar-refractivity contribution in [3.8, 4) is 5.75 Å². The number of hydrogen-bond acceptors (Lipinski definition) is 2. The maximum Gasteiger partial charge on any atom is 0.123 e. The van der Waals surface area contributed by atoms with Gasteiger partial charge in [-0.1, -0.05) is 11.6 Å². The summed E-state index contributed by atoms with van der Waals surface area (Å²) in [6, 6.07) is 5.71. The lowest BCUT2D eigenvalue weighted by molar-refractivity contribution is 0.326. The van der Waals surface area contributed by atoms with Gasteiger partial charge < -0.3 is 10.1 Å². The van der Waals surface area contributed by atoms with Crippen LogP contribution in [0, 0.1) is 0 Å². The number of nitrogens with one attached hydrogen (secondary N) is 1. The van der Waals surface area contributed by atoms with Gasteiger partial charge in [0, 0.05) is 23.7 Å². The van der Waals surface area contributed by atoms with E-state index in [-0.39, 0.29) is 12.4 Å². The predicted molar refractivity (Wildman–Crippen MR) is 55.9 cm³/mol. The molecule has 1 N–H and O–H groups in total. The van der Waals surface area contributed by atoms with Crippen LogP contribution in [0.1, 0.15) is 5.56 Å². The first-order chi connectivity index (χ1) is 5.86. The lowest BCUT2D eigenvalue weighted by atomic mass is 10.2. The first kappa shape index (κ1) is 10.6. The van der Waals surface area contributed by atoms with Crippen LogP contribution in [0.4, 0.5) is 0 Å². The van der Waals surface area contributed by atoms with E-state index >= 15 is 0 Å². The summed E-state index contributed by atoms with van der Waals surface area (Å²) >= 11 is 5.85. The Balaban J connectivity index is 0.000000845. The molecule has 72 valence electrons. The van der Waals surface area contributed by atoms with Crippen molar-refractivity contribution in [2.45, 2.75) is 6.54 Å². The van der Waals surface area contributed by atoms with Crippen molar-refractivity contribution >= 4 is 24.0 Å². The Labute approximate surface area is 88.6 Å². The zero-order chi connectivity index (χ0) is 8.39. The molecule has 0 radical (unpaired) electrons. The van der Waals surface area contributed by atoms with Crippen molar-refractivity contribution in [2.24, 2.45) is 0 Å². The fraction of sp³-hybridized carbons (Fsp3) is 0.333. The van der Waals surface area contributed by atoms with Crippen LogP contribution < -0.4 is 10.1 Å². The molecule has 1 aliphatic rings. The van der Waals surface area contributed by atoms with Crippen molar-refractivity contribution < 1.29 is 4.74 Å². The normalized spacial score (nSPS) is 14.8. The number of fused-ring (bicyclic) bond motifs is 1. The van der Waals surface area contributed by atoms with Gasteiger partial charge in [-0.3, -0.25) is 0 Å². The Morgan fingerprint density at radius 3 is 3.08 bits per heavy atom. The number of benzene rings is 1. The molecule has 2 rings (SSSR count). The summed E-state index contributed by atoms with van der Waals surface area (Å²) in [7, 11) is 0. The molecule has 2 nitrogen and oxygen atoms in total. The summed E-state index contributed by atoms with van der Waals surface area (Å²) in [5, 5.41) is 4.01. The molecule has 0 spiro atoms. The Kier molecular flexibility index (Phi) is 3.85. The Hall–Kier alpha value is -0.440. The SMILES string of the molecule is Cl.Clc1ccc2c(c1)CNCCO2. The minimum atomic E-state index is 0. The van der Waals surface area contributed by atoms with E-state index in [9.17, 15) is 0 Å². The van der Waals surface area contributed by atoms with E-state index in [1.165, 1.54) is 0 Å². The lowest BCUT2D eigenvalue weighted by Gasteiger charge is -2.05. The molecule has 0 bridgehead atoms. The third-order valence-corrected chi connectivity index (χ3v) is 2.11. The van der Waals surface area contributed by atoms with Crippen molar-refractivity contribution in [3.63, 3.8) is 0 Å². The summed E-state index contributed by atoms with van der Waals surface area (Å²) in [6.07, 6.45) is 0. The topological polar surface area (TPSA) is 21.3 Å². The third-order valence-electron chi connectivity index (χ3n) is 1.87. The monoisotopic (exact) mass is 219 g/mol. The smallest absolute Gasteiger partial charge is 0.123 e. The Morgan fingerprint density at radius 1 is 1.38 bits per heavy atom. The highest BCUT2D eigenvalue weighted by Gasteiger charge is 2.07. The van der Waals surface area contributed by atoms with Gasteiger partial charge in [0.15, 0.2) is 0 Å². The second-order valence-electron chi connectivity index (χ2n) is 2.78. The zero-order valence-electron chi connectivity index (χ0n) is 7.05. The molecule has 1 aromatic carbocycles. The van der Waals surface area contributed by atoms with E-state index in [2.05, 4.69) is 5.32 Å². The summed E-state index contributed by atoms with van der Waals surface area (Å²) in [5.74, 6) is 0.949. The van der Waals surface area contributed by atoms with Gasteiger partial charge >= 0.3 is 0 Å². The van der Waals surface area contributed by atoms with Crippen LogP contribution in [0.25, 0.3) is 0 Å². The standard InChI is InChI=1S/C9H10ClNO.ClH/c10-8-1-2-9-7(5-8)6-11-3-4-12-9;/h1-2,5,11H,3-4,6H2;1H. The summed E-state index contributed by atoms with van der Waals surface area (Å²) in [5.41, 5.74) is 1.14. The highest BCUT2D eigenvalue weighted by atomic mass is 35.5.